The molecule has 2 rings (SSSR count). The minimum atomic E-state index is -1.90. The number of carbonyl (C=O) groups is 1. The average Bonchev–Trinajstić information content (AvgIpc) is 2.21. The van der Waals surface area contributed by atoms with Gasteiger partial charge in [0.1, 0.15) is 10.7 Å². The first kappa shape index (κ1) is 11.1. The number of carboxylic acid groups (broad SMARTS) is 1. The van der Waals surface area contributed by atoms with Gasteiger partial charge in [-0.2, -0.15) is 0 Å². The van der Waals surface area contributed by atoms with Crippen LogP contribution in [0.5, 0.6) is 0 Å². The molecular weight excluding hydrogens is 257 g/mol. The molecule has 0 bridgehead atoms. The average molecular weight is 262 g/mol. The van der Waals surface area contributed by atoms with Crippen molar-refractivity contribution in [2.45, 2.75) is 4.90 Å². The van der Waals surface area contributed by atoms with E-state index in [-0.39, 0.29) is 14.8 Å². The molecule has 0 saturated carbocycles. The Bertz CT molecular complexity index is 544. The van der Waals surface area contributed by atoms with Gasteiger partial charge in [0, 0.05) is 6.20 Å². The van der Waals surface area contributed by atoms with E-state index in [0.29, 0.717) is 5.69 Å². The largest absolute Gasteiger partial charge is 0.477 e. The van der Waals surface area contributed by atoms with Crippen LogP contribution in [0.1, 0.15) is 0 Å². The lowest BCUT2D eigenvalue weighted by Gasteiger charge is -2.15. The van der Waals surface area contributed by atoms with Crippen molar-refractivity contribution >= 4 is 34.1 Å². The molecule has 0 aromatic heterocycles. The summed E-state index contributed by atoms with van der Waals surface area (Å²) in [5.74, 6) is -2.05. The van der Waals surface area contributed by atoms with E-state index in [4.69, 9.17) is 16.7 Å². The van der Waals surface area contributed by atoms with Crippen molar-refractivity contribution in [2.75, 3.05) is 5.32 Å². The molecule has 0 fully saturated rings. The molecule has 0 aliphatic carbocycles. The van der Waals surface area contributed by atoms with Gasteiger partial charge in [-0.3, -0.25) is 0 Å². The van der Waals surface area contributed by atoms with Crippen LogP contribution in [0, 0.1) is 5.82 Å². The summed E-state index contributed by atoms with van der Waals surface area (Å²) < 4.78 is 24.9. The Morgan fingerprint density at radius 3 is 2.81 bits per heavy atom. The standard InChI is InChI=1S/C9H5ClFNO3S/c10-4-1-6-7(2-5(4)11)16(15)8(3-12-6)9(13)14/h1-3,12H,(H,13,14). The first-order valence-electron chi connectivity index (χ1n) is 4.11. The number of rotatable bonds is 1. The molecule has 1 heterocycles. The third-order valence-electron chi connectivity index (χ3n) is 1.99. The summed E-state index contributed by atoms with van der Waals surface area (Å²) in [5, 5.41) is 11.2. The predicted octanol–water partition coefficient (Wildman–Crippen LogP) is 1.94. The zero-order valence-corrected chi connectivity index (χ0v) is 9.23. The number of hydrogen-bond acceptors (Lipinski definition) is 3. The van der Waals surface area contributed by atoms with Crippen LogP contribution in [0.25, 0.3) is 0 Å². The van der Waals surface area contributed by atoms with Gasteiger partial charge < -0.3 is 10.4 Å². The van der Waals surface area contributed by atoms with Gasteiger partial charge in [0.2, 0.25) is 0 Å². The van der Waals surface area contributed by atoms with Gasteiger partial charge in [-0.15, -0.1) is 0 Å². The lowest BCUT2D eigenvalue weighted by Crippen LogP contribution is -2.15. The summed E-state index contributed by atoms with van der Waals surface area (Å²) in [5.41, 5.74) is 0.342. The van der Waals surface area contributed by atoms with E-state index in [2.05, 4.69) is 5.32 Å². The Kier molecular flexibility index (Phi) is 2.69. The maximum Gasteiger partial charge on any atom is 0.346 e. The highest BCUT2D eigenvalue weighted by molar-refractivity contribution is 7.90. The predicted molar refractivity (Wildman–Crippen MR) is 57.2 cm³/mol. The van der Waals surface area contributed by atoms with E-state index < -0.39 is 22.6 Å². The number of nitrogens with one attached hydrogen (secondary N) is 1. The Morgan fingerprint density at radius 1 is 1.50 bits per heavy atom. The van der Waals surface area contributed by atoms with Crippen molar-refractivity contribution in [1.82, 2.24) is 0 Å². The molecule has 0 radical (unpaired) electrons. The molecule has 0 amide bonds. The van der Waals surface area contributed by atoms with Crippen LogP contribution in [-0.2, 0) is 15.6 Å². The first-order valence-corrected chi connectivity index (χ1v) is 5.64. The monoisotopic (exact) mass is 261 g/mol. The highest BCUT2D eigenvalue weighted by Gasteiger charge is 2.25. The zero-order valence-electron chi connectivity index (χ0n) is 7.66. The van der Waals surface area contributed by atoms with Crippen molar-refractivity contribution in [1.29, 1.82) is 0 Å². The third kappa shape index (κ3) is 1.70. The Morgan fingerprint density at radius 2 is 2.19 bits per heavy atom. The number of aliphatic carboxylic acids is 1. The van der Waals surface area contributed by atoms with E-state index >= 15 is 0 Å². The van der Waals surface area contributed by atoms with Crippen LogP contribution in [-0.4, -0.2) is 15.3 Å². The fraction of sp³-hybridized carbons (Fsp3) is 0. The van der Waals surface area contributed by atoms with Crippen molar-refractivity contribution < 1.29 is 18.5 Å². The minimum absolute atomic E-state index is 0.0711. The molecule has 2 N–H and O–H groups in total. The third-order valence-corrected chi connectivity index (χ3v) is 3.71. The molecule has 16 heavy (non-hydrogen) atoms. The van der Waals surface area contributed by atoms with Gasteiger partial charge in [0.05, 0.1) is 26.4 Å². The molecule has 1 aromatic carbocycles. The molecule has 1 aliphatic heterocycles. The first-order chi connectivity index (χ1) is 7.50. The van der Waals surface area contributed by atoms with Gasteiger partial charge in [-0.25, -0.2) is 13.4 Å². The van der Waals surface area contributed by atoms with Gasteiger partial charge in [-0.05, 0) is 12.1 Å². The molecule has 84 valence electrons. The fourth-order valence-corrected chi connectivity index (χ4v) is 2.50. The maximum atomic E-state index is 13.1. The summed E-state index contributed by atoms with van der Waals surface area (Å²) in [4.78, 5) is 10.5. The summed E-state index contributed by atoms with van der Waals surface area (Å²) in [6, 6.07) is 2.23. The van der Waals surface area contributed by atoms with E-state index in [1.54, 1.807) is 0 Å². The number of carboxylic acids is 1. The second kappa shape index (κ2) is 3.88. The van der Waals surface area contributed by atoms with Gasteiger partial charge >= 0.3 is 5.97 Å². The van der Waals surface area contributed by atoms with Crippen molar-refractivity contribution in [3.63, 3.8) is 0 Å². The summed E-state index contributed by atoms with van der Waals surface area (Å²) in [6.07, 6.45) is 1.11. The summed E-state index contributed by atoms with van der Waals surface area (Å²) in [7, 11) is -1.90. The number of hydrogen-bond donors (Lipinski definition) is 2. The van der Waals surface area contributed by atoms with Crippen LogP contribution in [0.2, 0.25) is 5.02 Å². The SMILES string of the molecule is O=C(O)C1=CNc2cc(Cl)c(F)cc2S1=O. The number of fused-ring (bicyclic) bond motifs is 1. The maximum absolute atomic E-state index is 13.1. The van der Waals surface area contributed by atoms with Crippen LogP contribution in [0.15, 0.2) is 28.1 Å². The lowest BCUT2D eigenvalue weighted by atomic mass is 10.3. The van der Waals surface area contributed by atoms with Gasteiger partial charge in [0.15, 0.2) is 0 Å². The van der Waals surface area contributed by atoms with Crippen LogP contribution >= 0.6 is 11.6 Å². The molecule has 0 saturated heterocycles. The van der Waals surface area contributed by atoms with Crippen LogP contribution in [0.4, 0.5) is 10.1 Å². The van der Waals surface area contributed by atoms with E-state index in [1.807, 2.05) is 0 Å². The summed E-state index contributed by atoms with van der Waals surface area (Å²) in [6.45, 7) is 0. The smallest absolute Gasteiger partial charge is 0.346 e. The molecule has 1 unspecified atom stereocenters. The number of benzene rings is 1. The zero-order chi connectivity index (χ0) is 11.9. The van der Waals surface area contributed by atoms with Crippen molar-refractivity contribution in [2.24, 2.45) is 0 Å². The Hall–Kier alpha value is -1.40. The minimum Gasteiger partial charge on any atom is -0.477 e. The van der Waals surface area contributed by atoms with Crippen molar-refractivity contribution in [3.05, 3.63) is 34.1 Å². The molecule has 0 spiro atoms. The Labute approximate surface area is 97.2 Å². The lowest BCUT2D eigenvalue weighted by molar-refractivity contribution is -0.131. The quantitative estimate of drug-likeness (QED) is 0.811. The van der Waals surface area contributed by atoms with Crippen molar-refractivity contribution in [3.8, 4) is 0 Å². The molecule has 1 atom stereocenters. The molecule has 7 heteroatoms. The second-order valence-electron chi connectivity index (χ2n) is 2.99. The Balaban J connectivity index is 2.55. The highest BCUT2D eigenvalue weighted by atomic mass is 35.5. The van der Waals surface area contributed by atoms with Gasteiger partial charge in [0.25, 0.3) is 0 Å². The molecule has 1 aliphatic rings. The van der Waals surface area contributed by atoms with E-state index in [1.165, 1.54) is 6.07 Å². The van der Waals surface area contributed by atoms with E-state index in [9.17, 15) is 13.4 Å². The van der Waals surface area contributed by atoms with Crippen LogP contribution < -0.4 is 5.32 Å². The normalized spacial score (nSPS) is 18.4. The van der Waals surface area contributed by atoms with Gasteiger partial charge in [-0.1, -0.05) is 11.6 Å². The molecule has 4 nitrogen and oxygen atoms in total. The highest BCUT2D eigenvalue weighted by Crippen LogP contribution is 2.32. The number of halogens is 2. The molecule has 1 aromatic rings. The number of anilines is 1. The summed E-state index contributed by atoms with van der Waals surface area (Å²) >= 11 is 5.54. The fourth-order valence-electron chi connectivity index (χ4n) is 1.25. The van der Waals surface area contributed by atoms with Crippen LogP contribution in [0.3, 0.4) is 0 Å². The topological polar surface area (TPSA) is 66.4 Å². The van der Waals surface area contributed by atoms with E-state index in [0.717, 1.165) is 12.3 Å². The second-order valence-corrected chi connectivity index (χ2v) is 4.81. The molecular formula is C9H5ClFNO3S.